The van der Waals surface area contributed by atoms with E-state index in [0.717, 1.165) is 25.7 Å². The van der Waals surface area contributed by atoms with Crippen LogP contribution < -0.4 is 5.69 Å². The third-order valence-electron chi connectivity index (χ3n) is 5.69. The van der Waals surface area contributed by atoms with Gasteiger partial charge >= 0.3 is 11.7 Å². The summed E-state index contributed by atoms with van der Waals surface area (Å²) in [6.07, 6.45) is 6.25. The molecule has 1 aliphatic carbocycles. The monoisotopic (exact) mass is 358 g/mol. The van der Waals surface area contributed by atoms with E-state index in [9.17, 15) is 19.5 Å². The number of nitrogens with zero attached hydrogens (tertiary/aromatic N) is 4. The molecule has 138 valence electrons. The van der Waals surface area contributed by atoms with Crippen molar-refractivity contribution in [3.05, 3.63) is 34.9 Å². The summed E-state index contributed by atoms with van der Waals surface area (Å²) in [4.78, 5) is 38.4. The lowest BCUT2D eigenvalue weighted by Crippen LogP contribution is -2.46. The lowest BCUT2D eigenvalue weighted by atomic mass is 9.84. The number of rotatable bonds is 4. The quantitative estimate of drug-likeness (QED) is 0.884. The van der Waals surface area contributed by atoms with Crippen LogP contribution in [0.4, 0.5) is 0 Å². The number of carbonyl (C=O) groups excluding carboxylic acids is 1. The van der Waals surface area contributed by atoms with Gasteiger partial charge in [-0.05, 0) is 37.3 Å². The predicted molar refractivity (Wildman–Crippen MR) is 92.7 cm³/mol. The molecule has 26 heavy (non-hydrogen) atoms. The summed E-state index contributed by atoms with van der Waals surface area (Å²) in [5.74, 6) is -0.847. The zero-order valence-corrected chi connectivity index (χ0v) is 14.5. The SMILES string of the molecule is O=C(O)[C@@H]1C[C@H]2CCCC[C@@H]2N1C(=O)CCn1nc2ccccn2c1=O. The Morgan fingerprint density at radius 2 is 2.04 bits per heavy atom. The van der Waals surface area contributed by atoms with Gasteiger partial charge in [-0.2, -0.15) is 0 Å². The largest absolute Gasteiger partial charge is 0.480 e. The van der Waals surface area contributed by atoms with E-state index in [-0.39, 0.29) is 36.5 Å². The highest BCUT2D eigenvalue weighted by molar-refractivity contribution is 5.84. The molecule has 4 rings (SSSR count). The molecule has 0 radical (unpaired) electrons. The van der Waals surface area contributed by atoms with E-state index in [0.29, 0.717) is 12.1 Å². The maximum atomic E-state index is 12.8. The second kappa shape index (κ2) is 6.59. The van der Waals surface area contributed by atoms with Crippen molar-refractivity contribution >= 4 is 17.5 Å². The number of aromatic nitrogens is 3. The van der Waals surface area contributed by atoms with Crippen LogP contribution in [-0.4, -0.2) is 48.1 Å². The molecule has 2 aromatic rings. The Morgan fingerprint density at radius 1 is 1.23 bits per heavy atom. The van der Waals surface area contributed by atoms with Crippen LogP contribution in [0.3, 0.4) is 0 Å². The Kier molecular flexibility index (Phi) is 4.26. The molecule has 1 aliphatic heterocycles. The zero-order valence-electron chi connectivity index (χ0n) is 14.5. The van der Waals surface area contributed by atoms with Crippen molar-refractivity contribution in [3.8, 4) is 0 Å². The van der Waals surface area contributed by atoms with Gasteiger partial charge in [0, 0.05) is 18.7 Å². The number of carboxylic acid groups (broad SMARTS) is 1. The van der Waals surface area contributed by atoms with E-state index in [2.05, 4.69) is 5.10 Å². The van der Waals surface area contributed by atoms with Gasteiger partial charge in [0.1, 0.15) is 6.04 Å². The number of aryl methyl sites for hydroxylation is 1. The van der Waals surface area contributed by atoms with Gasteiger partial charge in [-0.25, -0.2) is 14.3 Å². The Balaban J connectivity index is 1.51. The van der Waals surface area contributed by atoms with Crippen molar-refractivity contribution in [2.24, 2.45) is 5.92 Å². The summed E-state index contributed by atoms with van der Waals surface area (Å²) >= 11 is 0. The molecule has 1 N–H and O–H groups in total. The second-order valence-corrected chi connectivity index (χ2v) is 7.19. The molecule has 1 amide bonds. The average molecular weight is 358 g/mol. The number of carbonyl (C=O) groups is 2. The van der Waals surface area contributed by atoms with E-state index in [1.165, 1.54) is 9.08 Å². The smallest absolute Gasteiger partial charge is 0.350 e. The fourth-order valence-electron chi connectivity index (χ4n) is 4.48. The first-order valence-corrected chi connectivity index (χ1v) is 9.14. The summed E-state index contributed by atoms with van der Waals surface area (Å²) in [5.41, 5.74) is 0.238. The molecule has 2 fully saturated rings. The molecule has 8 heteroatoms. The van der Waals surface area contributed by atoms with Gasteiger partial charge in [-0.1, -0.05) is 18.9 Å². The topological polar surface area (TPSA) is 96.9 Å². The first-order chi connectivity index (χ1) is 12.6. The fourth-order valence-corrected chi connectivity index (χ4v) is 4.48. The third kappa shape index (κ3) is 2.79. The van der Waals surface area contributed by atoms with Gasteiger partial charge < -0.3 is 10.0 Å². The molecule has 0 spiro atoms. The van der Waals surface area contributed by atoms with Crippen molar-refractivity contribution in [2.45, 2.75) is 57.2 Å². The van der Waals surface area contributed by atoms with Crippen LogP contribution in [0, 0.1) is 5.92 Å². The molecular weight excluding hydrogens is 336 g/mol. The van der Waals surface area contributed by atoms with Crippen LogP contribution in [0.2, 0.25) is 0 Å². The number of amides is 1. The molecule has 3 heterocycles. The van der Waals surface area contributed by atoms with Crippen molar-refractivity contribution in [2.75, 3.05) is 0 Å². The summed E-state index contributed by atoms with van der Waals surface area (Å²) < 4.78 is 2.70. The Bertz CT molecular complexity index is 902. The maximum absolute atomic E-state index is 12.8. The van der Waals surface area contributed by atoms with Crippen LogP contribution in [-0.2, 0) is 16.1 Å². The Hall–Kier alpha value is -2.64. The molecule has 2 aliphatic rings. The van der Waals surface area contributed by atoms with Gasteiger partial charge in [0.2, 0.25) is 5.91 Å². The number of hydrogen-bond acceptors (Lipinski definition) is 4. The van der Waals surface area contributed by atoms with Gasteiger partial charge in [-0.15, -0.1) is 5.10 Å². The zero-order chi connectivity index (χ0) is 18.3. The van der Waals surface area contributed by atoms with Crippen molar-refractivity contribution in [1.82, 2.24) is 19.1 Å². The van der Waals surface area contributed by atoms with Crippen LogP contribution in [0.5, 0.6) is 0 Å². The summed E-state index contributed by atoms with van der Waals surface area (Å²) in [7, 11) is 0. The number of pyridine rings is 1. The lowest BCUT2D eigenvalue weighted by Gasteiger charge is -2.33. The van der Waals surface area contributed by atoms with E-state index < -0.39 is 12.0 Å². The minimum atomic E-state index is -0.933. The normalized spacial score (nSPS) is 25.4. The van der Waals surface area contributed by atoms with Crippen LogP contribution >= 0.6 is 0 Å². The molecule has 1 saturated heterocycles. The molecule has 2 aromatic heterocycles. The van der Waals surface area contributed by atoms with Crippen molar-refractivity contribution in [3.63, 3.8) is 0 Å². The predicted octanol–water partition coefficient (Wildman–Crippen LogP) is 1.13. The molecule has 0 aromatic carbocycles. The highest BCUT2D eigenvalue weighted by Gasteiger charge is 2.47. The summed E-state index contributed by atoms with van der Waals surface area (Å²) in [6, 6.07) is 4.55. The summed E-state index contributed by atoms with van der Waals surface area (Å²) in [5, 5.41) is 13.8. The molecular formula is C18H22N4O4. The van der Waals surface area contributed by atoms with Gasteiger partial charge in [0.05, 0.1) is 6.54 Å². The molecule has 3 atom stereocenters. The van der Waals surface area contributed by atoms with Crippen LogP contribution in [0.15, 0.2) is 29.2 Å². The molecule has 0 bridgehead atoms. The minimum absolute atomic E-state index is 0.0233. The number of carboxylic acids is 1. The molecule has 0 unspecified atom stereocenters. The number of aliphatic carboxylic acids is 1. The average Bonchev–Trinajstić information content (AvgIpc) is 3.18. The van der Waals surface area contributed by atoms with Gasteiger partial charge in [0.15, 0.2) is 5.65 Å². The lowest BCUT2D eigenvalue weighted by molar-refractivity contribution is -0.150. The second-order valence-electron chi connectivity index (χ2n) is 7.19. The Morgan fingerprint density at radius 3 is 2.81 bits per heavy atom. The number of likely N-dealkylation sites (tertiary alicyclic amines) is 1. The Labute approximate surface area is 150 Å². The molecule has 8 nitrogen and oxygen atoms in total. The minimum Gasteiger partial charge on any atom is -0.480 e. The van der Waals surface area contributed by atoms with Gasteiger partial charge in [-0.3, -0.25) is 9.20 Å². The first kappa shape index (κ1) is 16.8. The van der Waals surface area contributed by atoms with Crippen LogP contribution in [0.25, 0.3) is 5.65 Å². The van der Waals surface area contributed by atoms with Crippen LogP contribution in [0.1, 0.15) is 38.5 Å². The van der Waals surface area contributed by atoms with E-state index >= 15 is 0 Å². The van der Waals surface area contributed by atoms with E-state index in [1.807, 2.05) is 0 Å². The fraction of sp³-hybridized carbons (Fsp3) is 0.556. The highest BCUT2D eigenvalue weighted by atomic mass is 16.4. The van der Waals surface area contributed by atoms with Gasteiger partial charge in [0.25, 0.3) is 0 Å². The summed E-state index contributed by atoms with van der Waals surface area (Å²) in [6.45, 7) is 0.152. The highest BCUT2D eigenvalue weighted by Crippen LogP contribution is 2.40. The number of hydrogen-bond donors (Lipinski definition) is 1. The molecule has 1 saturated carbocycles. The van der Waals surface area contributed by atoms with Crippen molar-refractivity contribution < 1.29 is 14.7 Å². The van der Waals surface area contributed by atoms with E-state index in [1.54, 1.807) is 29.3 Å². The number of fused-ring (bicyclic) bond motifs is 2. The van der Waals surface area contributed by atoms with Crippen molar-refractivity contribution in [1.29, 1.82) is 0 Å². The first-order valence-electron chi connectivity index (χ1n) is 9.14. The van der Waals surface area contributed by atoms with E-state index in [4.69, 9.17) is 0 Å². The maximum Gasteiger partial charge on any atom is 0.350 e. The third-order valence-corrected chi connectivity index (χ3v) is 5.69. The standard InChI is InChI=1S/C18H22N4O4/c23-16(8-10-21-18(26)20-9-4-3-7-15(20)19-21)22-13-6-2-1-5-12(13)11-14(22)17(24)25/h3-4,7,9,12-14H,1-2,5-6,8,10-11H2,(H,24,25)/t12-,13+,14+/m1/s1.